The van der Waals surface area contributed by atoms with Gasteiger partial charge in [-0.2, -0.15) is 0 Å². The average Bonchev–Trinajstić information content (AvgIpc) is 2.99. The fourth-order valence-electron chi connectivity index (χ4n) is 2.83. The van der Waals surface area contributed by atoms with Gasteiger partial charge in [-0.25, -0.2) is 0 Å². The van der Waals surface area contributed by atoms with Gasteiger partial charge in [0.15, 0.2) is 11.0 Å². The van der Waals surface area contributed by atoms with Crippen LogP contribution in [0.1, 0.15) is 27.7 Å². The molecule has 0 bridgehead atoms. The van der Waals surface area contributed by atoms with E-state index in [1.54, 1.807) is 7.11 Å². The largest absolute Gasteiger partial charge is 0.497 e. The van der Waals surface area contributed by atoms with Crippen molar-refractivity contribution in [3.05, 3.63) is 24.3 Å². The van der Waals surface area contributed by atoms with E-state index in [1.807, 2.05) is 40.8 Å². The van der Waals surface area contributed by atoms with Crippen molar-refractivity contribution in [3.8, 4) is 17.1 Å². The molecule has 1 aromatic heterocycles. The highest BCUT2D eigenvalue weighted by Crippen LogP contribution is 2.25. The van der Waals surface area contributed by atoms with Crippen molar-refractivity contribution in [1.29, 1.82) is 0 Å². The van der Waals surface area contributed by atoms with Crippen LogP contribution in [-0.2, 0) is 11.8 Å². The van der Waals surface area contributed by atoms with Crippen LogP contribution in [0.25, 0.3) is 11.4 Å². The Morgan fingerprint density at radius 3 is 2.44 bits per heavy atom. The van der Waals surface area contributed by atoms with Gasteiger partial charge in [0.1, 0.15) is 5.75 Å². The molecule has 27 heavy (non-hydrogen) atoms. The molecule has 1 heterocycles. The maximum Gasteiger partial charge on any atom is 0.233 e. The van der Waals surface area contributed by atoms with E-state index in [-0.39, 0.29) is 5.91 Å². The van der Waals surface area contributed by atoms with Crippen LogP contribution in [0.15, 0.2) is 29.4 Å². The van der Waals surface area contributed by atoms with Crippen molar-refractivity contribution >= 4 is 17.7 Å². The highest BCUT2D eigenvalue weighted by Gasteiger charge is 2.19. The van der Waals surface area contributed by atoms with Gasteiger partial charge < -0.3 is 14.2 Å². The lowest BCUT2D eigenvalue weighted by Gasteiger charge is -2.26. The molecule has 0 atom stereocenters. The summed E-state index contributed by atoms with van der Waals surface area (Å²) in [6.07, 6.45) is 0. The number of carbonyl (C=O) groups is 1. The van der Waals surface area contributed by atoms with Crippen molar-refractivity contribution in [2.45, 2.75) is 32.9 Å². The summed E-state index contributed by atoms with van der Waals surface area (Å²) in [5.74, 6) is 2.94. The third-order valence-electron chi connectivity index (χ3n) is 4.01. The molecule has 1 amide bonds. The second-order valence-electron chi connectivity index (χ2n) is 7.47. The van der Waals surface area contributed by atoms with Gasteiger partial charge in [0.2, 0.25) is 5.91 Å². The van der Waals surface area contributed by atoms with E-state index in [0.717, 1.165) is 35.4 Å². The summed E-state index contributed by atoms with van der Waals surface area (Å²) in [5, 5.41) is 9.29. The summed E-state index contributed by atoms with van der Waals surface area (Å²) in [7, 11) is 3.56. The number of carbonyl (C=O) groups excluding carboxylic acids is 1. The fourth-order valence-corrected chi connectivity index (χ4v) is 3.65. The van der Waals surface area contributed by atoms with Crippen LogP contribution >= 0.6 is 11.8 Å². The first-order valence-corrected chi connectivity index (χ1v) is 10.2. The lowest BCUT2D eigenvalue weighted by Crippen LogP contribution is -2.38. The predicted molar refractivity (Wildman–Crippen MR) is 110 cm³/mol. The highest BCUT2D eigenvalue weighted by molar-refractivity contribution is 7.99. The van der Waals surface area contributed by atoms with Crippen LogP contribution in [-0.4, -0.2) is 51.5 Å². The maximum atomic E-state index is 12.7. The third kappa shape index (κ3) is 5.99. The maximum absolute atomic E-state index is 12.7. The van der Waals surface area contributed by atoms with Crippen molar-refractivity contribution in [3.63, 3.8) is 0 Å². The van der Waals surface area contributed by atoms with Crippen LogP contribution in [0.5, 0.6) is 5.75 Å². The minimum absolute atomic E-state index is 0.147. The fraction of sp³-hybridized carbons (Fsp3) is 0.550. The SMILES string of the molecule is COc1cccc(-c2nnc(SCC(=O)N(CC(C)C)CC(C)C)n2C)c1. The normalized spacial score (nSPS) is 11.3. The number of amides is 1. The van der Waals surface area contributed by atoms with Gasteiger partial charge >= 0.3 is 0 Å². The quantitative estimate of drug-likeness (QED) is 0.611. The summed E-state index contributed by atoms with van der Waals surface area (Å²) in [4.78, 5) is 14.7. The zero-order chi connectivity index (χ0) is 20.0. The summed E-state index contributed by atoms with van der Waals surface area (Å²) in [5.41, 5.74) is 0.934. The van der Waals surface area contributed by atoms with Crippen molar-refractivity contribution in [1.82, 2.24) is 19.7 Å². The van der Waals surface area contributed by atoms with Gasteiger partial charge in [-0.05, 0) is 24.0 Å². The van der Waals surface area contributed by atoms with Gasteiger partial charge in [0.25, 0.3) is 0 Å². The lowest BCUT2D eigenvalue weighted by atomic mass is 10.1. The van der Waals surface area contributed by atoms with Crippen molar-refractivity contribution in [2.24, 2.45) is 18.9 Å². The van der Waals surface area contributed by atoms with Crippen LogP contribution in [0.2, 0.25) is 0 Å². The zero-order valence-corrected chi connectivity index (χ0v) is 17.9. The third-order valence-corrected chi connectivity index (χ3v) is 5.02. The molecule has 7 heteroatoms. The van der Waals surface area contributed by atoms with Crippen LogP contribution < -0.4 is 4.74 Å². The Hall–Kier alpha value is -2.02. The Balaban J connectivity index is 2.07. The number of methoxy groups -OCH3 is 1. The monoisotopic (exact) mass is 390 g/mol. The first kappa shape index (κ1) is 21.3. The van der Waals surface area contributed by atoms with E-state index in [0.29, 0.717) is 17.6 Å². The van der Waals surface area contributed by atoms with Gasteiger partial charge in [0.05, 0.1) is 12.9 Å². The summed E-state index contributed by atoms with van der Waals surface area (Å²) in [6.45, 7) is 10.1. The molecule has 0 unspecified atom stereocenters. The minimum atomic E-state index is 0.147. The summed E-state index contributed by atoms with van der Waals surface area (Å²) < 4.78 is 7.20. The predicted octanol–water partition coefficient (Wildman–Crippen LogP) is 3.72. The molecule has 148 valence electrons. The van der Waals surface area contributed by atoms with E-state index in [2.05, 4.69) is 37.9 Å². The summed E-state index contributed by atoms with van der Waals surface area (Å²) >= 11 is 1.43. The number of aromatic nitrogens is 3. The van der Waals surface area contributed by atoms with Gasteiger partial charge in [-0.15, -0.1) is 10.2 Å². The van der Waals surface area contributed by atoms with E-state index >= 15 is 0 Å². The summed E-state index contributed by atoms with van der Waals surface area (Å²) in [6, 6.07) is 7.72. The van der Waals surface area contributed by atoms with E-state index in [4.69, 9.17) is 4.74 Å². The van der Waals surface area contributed by atoms with E-state index in [1.165, 1.54) is 11.8 Å². The Morgan fingerprint density at radius 1 is 1.19 bits per heavy atom. The first-order valence-electron chi connectivity index (χ1n) is 9.26. The number of hydrogen-bond acceptors (Lipinski definition) is 5. The average molecular weight is 391 g/mol. The Kier molecular flexibility index (Phi) is 7.71. The van der Waals surface area contributed by atoms with Crippen LogP contribution in [0.4, 0.5) is 0 Å². The Labute approximate surface area is 166 Å². The van der Waals surface area contributed by atoms with Crippen LogP contribution in [0.3, 0.4) is 0 Å². The van der Waals surface area contributed by atoms with Gasteiger partial charge in [0, 0.05) is 25.7 Å². The van der Waals surface area contributed by atoms with Gasteiger partial charge in [-0.1, -0.05) is 51.6 Å². The van der Waals surface area contributed by atoms with Crippen LogP contribution in [0, 0.1) is 11.8 Å². The first-order chi connectivity index (χ1) is 12.8. The highest BCUT2D eigenvalue weighted by atomic mass is 32.2. The number of rotatable bonds is 9. The lowest BCUT2D eigenvalue weighted by molar-refractivity contribution is -0.129. The molecule has 6 nitrogen and oxygen atoms in total. The Morgan fingerprint density at radius 2 is 1.85 bits per heavy atom. The molecule has 2 aromatic rings. The number of thioether (sulfide) groups is 1. The topological polar surface area (TPSA) is 60.3 Å². The number of ether oxygens (including phenoxy) is 1. The molecule has 0 saturated heterocycles. The molecule has 0 fully saturated rings. The second kappa shape index (κ2) is 9.78. The van der Waals surface area contributed by atoms with E-state index in [9.17, 15) is 4.79 Å². The molecule has 0 aliphatic heterocycles. The molecule has 0 spiro atoms. The molecular weight excluding hydrogens is 360 g/mol. The minimum Gasteiger partial charge on any atom is -0.497 e. The number of benzene rings is 1. The second-order valence-corrected chi connectivity index (χ2v) is 8.41. The smallest absolute Gasteiger partial charge is 0.233 e. The molecule has 0 radical (unpaired) electrons. The molecule has 0 aliphatic carbocycles. The molecule has 0 aliphatic rings. The van der Waals surface area contributed by atoms with E-state index < -0.39 is 0 Å². The Bertz CT molecular complexity index is 748. The standard InChI is InChI=1S/C20H30N4O2S/c1-14(2)11-24(12-15(3)4)18(25)13-27-20-22-21-19(23(20)5)16-8-7-9-17(10-16)26-6/h7-10,14-15H,11-13H2,1-6H3. The molecule has 0 N–H and O–H groups in total. The zero-order valence-electron chi connectivity index (χ0n) is 17.1. The number of nitrogens with zero attached hydrogens (tertiary/aromatic N) is 4. The molecular formula is C20H30N4O2S. The molecule has 1 aromatic carbocycles. The molecule has 2 rings (SSSR count). The molecule has 0 saturated carbocycles. The number of hydrogen-bond donors (Lipinski definition) is 0. The van der Waals surface area contributed by atoms with Gasteiger partial charge in [-0.3, -0.25) is 4.79 Å². The van der Waals surface area contributed by atoms with Crippen molar-refractivity contribution < 1.29 is 9.53 Å². The van der Waals surface area contributed by atoms with Crippen molar-refractivity contribution in [2.75, 3.05) is 26.0 Å².